The molecule has 1 heterocycles. The summed E-state index contributed by atoms with van der Waals surface area (Å²) in [6.45, 7) is 3.62. The fourth-order valence-electron chi connectivity index (χ4n) is 3.24. The van der Waals surface area contributed by atoms with E-state index < -0.39 is 0 Å². The van der Waals surface area contributed by atoms with E-state index in [1.54, 1.807) is 0 Å². The highest BCUT2D eigenvalue weighted by Gasteiger charge is 2.08. The highest BCUT2D eigenvalue weighted by atomic mass is 16.5. The van der Waals surface area contributed by atoms with Crippen LogP contribution in [0, 0.1) is 6.92 Å². The summed E-state index contributed by atoms with van der Waals surface area (Å²) in [7, 11) is 0. The Balaban J connectivity index is 1.48. The minimum absolute atomic E-state index is 0.678. The molecule has 0 aliphatic heterocycles. The average molecular weight is 368 g/mol. The Labute approximate surface area is 165 Å². The van der Waals surface area contributed by atoms with Crippen molar-refractivity contribution in [2.45, 2.75) is 19.9 Å². The molecule has 0 bridgehead atoms. The lowest BCUT2D eigenvalue weighted by molar-refractivity contribution is 0.302. The standard InChI is InChI=1S/C25H24N2O/c1-20-12-15-22(16-13-20)28-19-7-18-27-24-11-6-5-10-23(24)26-25(27)17-14-21-8-3-2-4-9-21/h2-6,8-17H,7,18-19H2,1H3/b17-14+. The first-order chi connectivity index (χ1) is 13.8. The second-order valence-corrected chi connectivity index (χ2v) is 6.87. The molecule has 0 fully saturated rings. The molecule has 3 nitrogen and oxygen atoms in total. The van der Waals surface area contributed by atoms with Crippen molar-refractivity contribution >= 4 is 23.2 Å². The van der Waals surface area contributed by atoms with Crippen LogP contribution in [0.1, 0.15) is 23.4 Å². The topological polar surface area (TPSA) is 27.1 Å². The Morgan fingerprint density at radius 3 is 2.43 bits per heavy atom. The van der Waals surface area contributed by atoms with Crippen molar-refractivity contribution in [1.29, 1.82) is 0 Å². The zero-order valence-electron chi connectivity index (χ0n) is 16.1. The van der Waals surface area contributed by atoms with Gasteiger partial charge in [0.1, 0.15) is 11.6 Å². The summed E-state index contributed by atoms with van der Waals surface area (Å²) in [5.41, 5.74) is 4.59. The second-order valence-electron chi connectivity index (χ2n) is 6.87. The highest BCUT2D eigenvalue weighted by molar-refractivity contribution is 5.79. The van der Waals surface area contributed by atoms with Crippen LogP contribution in [0.2, 0.25) is 0 Å². The highest BCUT2D eigenvalue weighted by Crippen LogP contribution is 2.19. The number of rotatable bonds is 7. The summed E-state index contributed by atoms with van der Waals surface area (Å²) in [5.74, 6) is 1.89. The smallest absolute Gasteiger partial charge is 0.133 e. The molecule has 0 N–H and O–H groups in total. The summed E-state index contributed by atoms with van der Waals surface area (Å²) in [6, 6.07) is 26.8. The molecule has 0 radical (unpaired) electrons. The normalized spacial score (nSPS) is 11.3. The molecule has 4 aromatic rings. The molecule has 0 spiro atoms. The maximum Gasteiger partial charge on any atom is 0.133 e. The van der Waals surface area contributed by atoms with E-state index in [1.165, 1.54) is 11.1 Å². The van der Waals surface area contributed by atoms with Gasteiger partial charge in [0.2, 0.25) is 0 Å². The van der Waals surface area contributed by atoms with Gasteiger partial charge in [-0.1, -0.05) is 66.2 Å². The van der Waals surface area contributed by atoms with Gasteiger partial charge in [-0.2, -0.15) is 0 Å². The lowest BCUT2D eigenvalue weighted by atomic mass is 10.2. The molecule has 140 valence electrons. The Morgan fingerprint density at radius 1 is 0.857 bits per heavy atom. The Morgan fingerprint density at radius 2 is 1.61 bits per heavy atom. The van der Waals surface area contributed by atoms with Gasteiger partial charge in [0.15, 0.2) is 0 Å². The molecule has 0 saturated heterocycles. The van der Waals surface area contributed by atoms with Gasteiger partial charge < -0.3 is 9.30 Å². The molecule has 3 aromatic carbocycles. The van der Waals surface area contributed by atoms with Gasteiger partial charge in [-0.25, -0.2) is 4.98 Å². The molecule has 0 saturated carbocycles. The molecule has 0 amide bonds. The molecule has 28 heavy (non-hydrogen) atoms. The predicted molar refractivity (Wildman–Crippen MR) is 116 cm³/mol. The quantitative estimate of drug-likeness (QED) is 0.375. The molecule has 3 heteroatoms. The van der Waals surface area contributed by atoms with Gasteiger partial charge in [0.05, 0.1) is 17.6 Å². The summed E-state index contributed by atoms with van der Waals surface area (Å²) >= 11 is 0. The van der Waals surface area contributed by atoms with Gasteiger partial charge in [0.25, 0.3) is 0 Å². The lowest BCUT2D eigenvalue weighted by Gasteiger charge is -2.09. The van der Waals surface area contributed by atoms with Gasteiger partial charge in [-0.3, -0.25) is 0 Å². The van der Waals surface area contributed by atoms with Crippen molar-refractivity contribution in [3.63, 3.8) is 0 Å². The lowest BCUT2D eigenvalue weighted by Crippen LogP contribution is -2.06. The Kier molecular flexibility index (Phi) is 5.53. The van der Waals surface area contributed by atoms with Crippen LogP contribution in [0.3, 0.4) is 0 Å². The molecular weight excluding hydrogens is 344 g/mol. The van der Waals surface area contributed by atoms with Crippen LogP contribution in [0.15, 0.2) is 78.9 Å². The predicted octanol–water partition coefficient (Wildman–Crippen LogP) is 5.98. The number of nitrogens with zero attached hydrogens (tertiary/aromatic N) is 2. The molecular formula is C25H24N2O. The SMILES string of the molecule is Cc1ccc(OCCCn2c(/C=C/c3ccccc3)nc3ccccc32)cc1. The molecule has 4 rings (SSSR count). The minimum atomic E-state index is 0.678. The van der Waals surface area contributed by atoms with E-state index >= 15 is 0 Å². The minimum Gasteiger partial charge on any atom is -0.494 e. The number of para-hydroxylation sites is 2. The first-order valence-electron chi connectivity index (χ1n) is 9.67. The maximum absolute atomic E-state index is 5.89. The number of aromatic nitrogens is 2. The van der Waals surface area contributed by atoms with Crippen molar-refractivity contribution in [2.24, 2.45) is 0 Å². The maximum atomic E-state index is 5.89. The summed E-state index contributed by atoms with van der Waals surface area (Å²) in [5, 5.41) is 0. The van der Waals surface area contributed by atoms with E-state index in [1.807, 2.05) is 36.4 Å². The molecule has 1 aromatic heterocycles. The van der Waals surface area contributed by atoms with Crippen molar-refractivity contribution in [3.05, 3.63) is 95.8 Å². The van der Waals surface area contributed by atoms with Crippen molar-refractivity contribution in [2.75, 3.05) is 6.61 Å². The number of ether oxygens (including phenoxy) is 1. The van der Waals surface area contributed by atoms with Crippen LogP contribution in [0.25, 0.3) is 23.2 Å². The van der Waals surface area contributed by atoms with Crippen LogP contribution in [-0.2, 0) is 6.54 Å². The number of fused-ring (bicyclic) bond motifs is 1. The van der Waals surface area contributed by atoms with Crippen LogP contribution in [-0.4, -0.2) is 16.2 Å². The zero-order valence-corrected chi connectivity index (χ0v) is 16.1. The van der Waals surface area contributed by atoms with E-state index in [4.69, 9.17) is 9.72 Å². The monoisotopic (exact) mass is 368 g/mol. The fourth-order valence-corrected chi connectivity index (χ4v) is 3.24. The van der Waals surface area contributed by atoms with Gasteiger partial charge in [0, 0.05) is 6.54 Å². The van der Waals surface area contributed by atoms with E-state index in [9.17, 15) is 0 Å². The molecule has 0 unspecified atom stereocenters. The average Bonchev–Trinajstić information content (AvgIpc) is 3.09. The van der Waals surface area contributed by atoms with E-state index in [0.29, 0.717) is 6.61 Å². The van der Waals surface area contributed by atoms with Crippen LogP contribution < -0.4 is 4.74 Å². The summed E-state index contributed by atoms with van der Waals surface area (Å²) < 4.78 is 8.16. The summed E-state index contributed by atoms with van der Waals surface area (Å²) in [6.07, 6.45) is 5.12. The Bertz CT molecular complexity index is 1060. The van der Waals surface area contributed by atoms with Gasteiger partial charge in [-0.05, 0) is 49.2 Å². The first kappa shape index (κ1) is 18.1. The fraction of sp³-hybridized carbons (Fsp3) is 0.160. The first-order valence-corrected chi connectivity index (χ1v) is 9.67. The van der Waals surface area contributed by atoms with Gasteiger partial charge >= 0.3 is 0 Å². The third-order valence-electron chi connectivity index (χ3n) is 4.72. The molecule has 0 atom stereocenters. The van der Waals surface area contributed by atoms with Crippen LogP contribution >= 0.6 is 0 Å². The zero-order chi connectivity index (χ0) is 19.2. The van der Waals surface area contributed by atoms with Gasteiger partial charge in [-0.15, -0.1) is 0 Å². The van der Waals surface area contributed by atoms with Crippen LogP contribution in [0.5, 0.6) is 5.75 Å². The number of imidazole rings is 1. The largest absolute Gasteiger partial charge is 0.494 e. The van der Waals surface area contributed by atoms with Crippen LogP contribution in [0.4, 0.5) is 0 Å². The number of benzene rings is 3. The van der Waals surface area contributed by atoms with E-state index in [-0.39, 0.29) is 0 Å². The van der Waals surface area contributed by atoms with E-state index in [2.05, 4.69) is 66.1 Å². The van der Waals surface area contributed by atoms with Crippen molar-refractivity contribution in [1.82, 2.24) is 9.55 Å². The third-order valence-corrected chi connectivity index (χ3v) is 4.72. The second kappa shape index (κ2) is 8.57. The summed E-state index contributed by atoms with van der Waals surface area (Å²) in [4.78, 5) is 4.81. The van der Waals surface area contributed by atoms with Crippen molar-refractivity contribution in [3.8, 4) is 5.75 Å². The Hall–Kier alpha value is -3.33. The molecule has 0 aliphatic carbocycles. The molecule has 0 aliphatic rings. The van der Waals surface area contributed by atoms with Crippen molar-refractivity contribution < 1.29 is 4.74 Å². The third kappa shape index (κ3) is 4.32. The van der Waals surface area contributed by atoms with E-state index in [0.717, 1.165) is 35.6 Å². The number of aryl methyl sites for hydroxylation is 2. The number of hydrogen-bond acceptors (Lipinski definition) is 2. The number of hydrogen-bond donors (Lipinski definition) is 0.